The Hall–Kier alpha value is -8.98. The van der Waals surface area contributed by atoms with Gasteiger partial charge in [0, 0.05) is 91.3 Å². The van der Waals surface area contributed by atoms with Crippen molar-refractivity contribution in [3.63, 3.8) is 0 Å². The average Bonchev–Trinajstić information content (AvgIpc) is 1.57. The maximum absolute atomic E-state index is 13.3. The molecular formula is C100H148N6O29S5. The van der Waals surface area contributed by atoms with Gasteiger partial charge in [0.1, 0.15) is 23.0 Å². The highest BCUT2D eigenvalue weighted by Crippen LogP contribution is 2.59. The van der Waals surface area contributed by atoms with Crippen LogP contribution in [0.3, 0.4) is 0 Å². The number of carbonyl (C=O) groups is 5. The fourth-order valence-corrected chi connectivity index (χ4v) is 27.5. The van der Waals surface area contributed by atoms with E-state index in [1.165, 1.54) is 99.2 Å². The summed E-state index contributed by atoms with van der Waals surface area (Å²) in [5.74, 6) is -0.349. The number of anilines is 1. The molecule has 35 nitrogen and oxygen atoms in total. The molecule has 10 N–H and O–H groups in total. The summed E-state index contributed by atoms with van der Waals surface area (Å²) in [4.78, 5) is 63.4. The number of hydrogen-bond acceptors (Lipinski definition) is 30. The highest BCUT2D eigenvalue weighted by molar-refractivity contribution is 7.95. The second-order valence-corrected chi connectivity index (χ2v) is 50.0. The molecule has 0 spiro atoms. The molecule has 5 aromatic carbocycles. The third-order valence-corrected chi connectivity index (χ3v) is 39.3. The molecule has 5 amide bonds. The van der Waals surface area contributed by atoms with Crippen molar-refractivity contribution in [1.29, 1.82) is 0 Å². The second-order valence-electron chi connectivity index (χ2n) is 38.7. The smallest absolute Gasteiger partial charge is 0.265 e. The van der Waals surface area contributed by atoms with Gasteiger partial charge in [0.15, 0.2) is 72.9 Å². The van der Waals surface area contributed by atoms with Crippen LogP contribution in [-0.2, 0) is 96.8 Å². The molecule has 782 valence electrons. The molecule has 6 fully saturated rings. The Morgan fingerprint density at radius 1 is 0.421 bits per heavy atom. The minimum absolute atomic E-state index is 0.00829. The van der Waals surface area contributed by atoms with E-state index >= 15 is 0 Å². The molecule has 140 heavy (non-hydrogen) atoms. The van der Waals surface area contributed by atoms with Crippen LogP contribution in [0, 0.1) is 34.5 Å². The van der Waals surface area contributed by atoms with E-state index in [-0.39, 0.29) is 166 Å². The summed E-state index contributed by atoms with van der Waals surface area (Å²) in [7, 11) is -18.1. The van der Waals surface area contributed by atoms with Crippen LogP contribution < -0.4 is 51.2 Å². The van der Waals surface area contributed by atoms with Gasteiger partial charge in [-0.3, -0.25) is 50.0 Å². The molecule has 0 radical (unpaired) electrons. The predicted molar refractivity (Wildman–Crippen MR) is 526 cm³/mol. The first-order chi connectivity index (χ1) is 66.2. The van der Waals surface area contributed by atoms with Crippen molar-refractivity contribution >= 4 is 84.4 Å². The van der Waals surface area contributed by atoms with Crippen LogP contribution >= 0.6 is 0 Å². The van der Waals surface area contributed by atoms with Crippen molar-refractivity contribution in [2.45, 2.75) is 260 Å². The monoisotopic (exact) mass is 2060 g/mol. The van der Waals surface area contributed by atoms with Crippen LogP contribution in [0.15, 0.2) is 182 Å². The van der Waals surface area contributed by atoms with Crippen LogP contribution in [-0.4, -0.2) is 227 Å². The number of nitrogens with zero attached hydrogens (tertiary/aromatic N) is 1. The normalized spacial score (nSPS) is 18.8. The van der Waals surface area contributed by atoms with Crippen LogP contribution in [0.1, 0.15) is 212 Å². The Bertz CT molecular complexity index is 5470. The number of hydroxylamine groups is 5. The van der Waals surface area contributed by atoms with Gasteiger partial charge in [0.2, 0.25) is 0 Å². The summed E-state index contributed by atoms with van der Waals surface area (Å²) in [6, 6.07) is 30.9. The van der Waals surface area contributed by atoms with Crippen molar-refractivity contribution in [2.75, 3.05) is 111 Å². The summed E-state index contributed by atoms with van der Waals surface area (Å²) in [6.07, 6.45) is 16.4. The lowest BCUT2D eigenvalue weighted by molar-refractivity contribution is -0.135. The highest BCUT2D eigenvalue weighted by atomic mass is 32.2. The number of sulfone groups is 5. The fraction of sp³-hybridized carbons (Fsp3) is 0.590. The second kappa shape index (κ2) is 53.6. The Morgan fingerprint density at radius 3 is 0.979 bits per heavy atom. The first kappa shape index (κ1) is 118. The van der Waals surface area contributed by atoms with Crippen molar-refractivity contribution in [2.24, 2.45) is 34.5 Å². The van der Waals surface area contributed by atoms with E-state index < -0.39 is 102 Å². The Kier molecular flexibility index (Phi) is 45.1. The van der Waals surface area contributed by atoms with Crippen LogP contribution in [0.2, 0.25) is 0 Å². The number of carbonyl (C=O) groups excluding carboxylic acids is 5. The molecular weight excluding hydrogens is 1910 g/mol. The van der Waals surface area contributed by atoms with Gasteiger partial charge in [-0.25, -0.2) is 69.5 Å². The van der Waals surface area contributed by atoms with E-state index in [2.05, 4.69) is 107 Å². The Labute approximate surface area is 826 Å². The number of nitrogens with one attached hydrogen (secondary N) is 5. The van der Waals surface area contributed by atoms with Crippen molar-refractivity contribution in [3.05, 3.63) is 157 Å². The van der Waals surface area contributed by atoms with Crippen molar-refractivity contribution in [3.8, 4) is 23.0 Å². The molecule has 4 atom stereocenters. The SMILES string of the molecule is C=CCCCOc1ccc(S(=O)(=O)C2(C(=O)NO)CCOCC2)cc1.CC(C)=CC1C(COc2ccc(S(=O)(=O)C3(C(=O)NO)CCOCC3)cc2)C1(C)C.CC(C)=CCCC(C)CCOc1ccc(S(=O)(=O)C2(C(=O)NO)CCOCC2)cc1.CC(CCOc1ccc(S(=O)(=O)C2(C(=O)NO)CCOCC2)cc1)CC(C)(C)C.CCCCCN(C)c1ccc(S(=O)(=O)C2(C(=O)NO)CCOCC2)cc1. The Balaban J connectivity index is 0.000000238. The number of hydrogen-bond donors (Lipinski definition) is 10. The third-order valence-electron chi connectivity index (χ3n) is 26.7. The van der Waals surface area contributed by atoms with Gasteiger partial charge in [0.25, 0.3) is 29.5 Å². The molecule has 1 aliphatic carbocycles. The molecule has 4 unspecified atom stereocenters. The zero-order valence-electron chi connectivity index (χ0n) is 83.1. The highest BCUT2D eigenvalue weighted by Gasteiger charge is 2.59. The van der Waals surface area contributed by atoms with Crippen LogP contribution in [0.25, 0.3) is 0 Å². The third kappa shape index (κ3) is 29.7. The van der Waals surface area contributed by atoms with E-state index in [9.17, 15) is 66.1 Å². The van der Waals surface area contributed by atoms with Gasteiger partial charge < -0.3 is 47.5 Å². The van der Waals surface area contributed by atoms with E-state index in [0.29, 0.717) is 73.1 Å². The standard InChI is InChI=1S/C22H31NO6S.C22H33NO6S.C21H33NO6S.C18H28N2O5S.C17H23NO6S/c1-15(2)13-18-19(21(18,3)4)14-29-16-5-7-17(8-6-16)30(26,27)22(20(24)23-25)9-11-28-12-10-22;1-17(2)5-4-6-18(3)11-14-29-19-7-9-20(10-8-19)30(26,27)22(21(24)23-25)12-15-28-16-13-22;1-16(15-20(2,3)4)9-12-28-17-5-7-18(8-6-17)29(25,26)21(19(23)22-24)10-13-27-14-11-21;1-3-4-5-12-20(2)15-6-8-16(9-7-15)26(23,24)18(17(21)19-22)10-13-25-14-11-18;1-2-3-4-11-24-14-5-7-15(8-6-14)25(21,22)17(16(19)18-20)9-12-23-13-10-17/h5-8,13,18-19,25H,9-12,14H2,1-4H3,(H,23,24);5,7-10,18,25H,4,6,11-16H2,1-3H3,(H,23,24);5-8,16,24H,9-15H2,1-4H3,(H,22,23);6-9,22H,3-5,10-14H2,1-2H3,(H,19,21);2,5-8,20H,1,3-4,9-13H2,(H,18,19). The minimum Gasteiger partial charge on any atom is -0.494 e. The summed E-state index contributed by atoms with van der Waals surface area (Å²) in [5.41, 5.74) is 11.6. The van der Waals surface area contributed by atoms with E-state index in [4.69, 9.17) is 68.7 Å². The lowest BCUT2D eigenvalue weighted by Gasteiger charge is -2.34. The zero-order valence-corrected chi connectivity index (χ0v) is 87.1. The predicted octanol–water partition coefficient (Wildman–Crippen LogP) is 14.2. The van der Waals surface area contributed by atoms with Gasteiger partial charge >= 0.3 is 0 Å². The molecule has 5 heterocycles. The van der Waals surface area contributed by atoms with Crippen molar-refractivity contribution < 1.29 is 135 Å². The zero-order chi connectivity index (χ0) is 104. The summed E-state index contributed by atoms with van der Waals surface area (Å²) < 4.78 is 172. The number of rotatable bonds is 41. The molecule has 5 aliphatic heterocycles. The topological polar surface area (TPSA) is 504 Å². The van der Waals surface area contributed by atoms with Gasteiger partial charge in [-0.2, -0.15) is 0 Å². The van der Waals surface area contributed by atoms with Gasteiger partial charge in [-0.1, -0.05) is 97.6 Å². The molecule has 40 heteroatoms. The molecule has 0 bridgehead atoms. The lowest BCUT2D eigenvalue weighted by Crippen LogP contribution is -2.54. The lowest BCUT2D eigenvalue weighted by atomic mass is 9.84. The quantitative estimate of drug-likeness (QED) is 0.00752. The maximum atomic E-state index is 13.3. The van der Waals surface area contributed by atoms with E-state index in [0.717, 1.165) is 76.4 Å². The maximum Gasteiger partial charge on any atom is 0.265 e. The fourth-order valence-electron chi connectivity index (χ4n) is 17.8. The van der Waals surface area contributed by atoms with Crippen molar-refractivity contribution in [1.82, 2.24) is 27.4 Å². The largest absolute Gasteiger partial charge is 0.494 e. The Morgan fingerprint density at radius 2 is 0.707 bits per heavy atom. The van der Waals surface area contributed by atoms with Crippen LogP contribution in [0.5, 0.6) is 23.0 Å². The number of benzene rings is 5. The molecule has 5 saturated heterocycles. The molecule has 5 aromatic rings. The van der Waals surface area contributed by atoms with E-state index in [1.54, 1.807) is 66.7 Å². The first-order valence-electron chi connectivity index (χ1n) is 47.6. The molecule has 11 rings (SSSR count). The summed E-state index contributed by atoms with van der Waals surface area (Å²) >= 11 is 0. The molecule has 0 aromatic heterocycles. The first-order valence-corrected chi connectivity index (χ1v) is 55.1. The minimum atomic E-state index is -4.03. The summed E-state index contributed by atoms with van der Waals surface area (Å²) in [5, 5.41) is 45.4. The molecule has 6 aliphatic rings. The van der Waals surface area contributed by atoms with E-state index in [1.807, 2.05) is 7.05 Å². The summed E-state index contributed by atoms with van der Waals surface area (Å²) in [6.45, 7) is 34.1. The number of allylic oxidation sites excluding steroid dienone is 5. The number of amides is 5. The van der Waals surface area contributed by atoms with Gasteiger partial charge in [-0.15, -0.1) is 6.58 Å². The van der Waals surface area contributed by atoms with Crippen LogP contribution in [0.4, 0.5) is 5.69 Å². The van der Waals surface area contributed by atoms with Gasteiger partial charge in [-0.05, 0) is 293 Å². The number of ether oxygens (including phenoxy) is 9. The van der Waals surface area contributed by atoms with Gasteiger partial charge in [0.05, 0.1) is 50.9 Å². The number of unbranched alkanes of at least 4 members (excludes halogenated alkanes) is 3. The molecule has 1 saturated carbocycles. The average molecular weight is 2060 g/mol.